The maximum atomic E-state index is 7.63. The van der Waals surface area contributed by atoms with Crippen molar-refractivity contribution in [2.75, 3.05) is 0 Å². The number of benzene rings is 5. The van der Waals surface area contributed by atoms with Crippen molar-refractivity contribution in [2.24, 2.45) is 0 Å². The molecule has 0 saturated carbocycles. The molecule has 0 N–H and O–H groups in total. The van der Waals surface area contributed by atoms with E-state index in [0.717, 1.165) is 0 Å². The van der Waals surface area contributed by atoms with Gasteiger partial charge in [-0.2, -0.15) is 0 Å². The minimum absolute atomic E-state index is 0.176. The zero-order valence-corrected chi connectivity index (χ0v) is 20.3. The van der Waals surface area contributed by atoms with Gasteiger partial charge in [-0.25, -0.2) is 0 Å². The van der Waals surface area contributed by atoms with Crippen molar-refractivity contribution in [3.05, 3.63) is 163 Å². The Hall–Kier alpha value is -3.77. The van der Waals surface area contributed by atoms with Crippen LogP contribution in [0.2, 0.25) is 0 Å². The molecule has 6 rings (SSSR count). The first-order valence-corrected chi connectivity index (χ1v) is 14.2. The van der Waals surface area contributed by atoms with Crippen LogP contribution < -0.4 is 21.2 Å². The topological polar surface area (TPSA) is 9.23 Å². The monoisotopic (exact) mass is 470 g/mol. The molecule has 5 aromatic rings. The fourth-order valence-electron chi connectivity index (χ4n) is 5.54. The van der Waals surface area contributed by atoms with Crippen LogP contribution in [0.1, 0.15) is 17.2 Å². The van der Waals surface area contributed by atoms with Gasteiger partial charge in [-0.05, 0) is 0 Å². The Balaban J connectivity index is 1.71. The molecule has 0 unspecified atom stereocenters. The molecular weight excluding hydrogens is 443 g/mol. The van der Waals surface area contributed by atoms with E-state index in [0.29, 0.717) is 0 Å². The van der Waals surface area contributed by atoms with E-state index in [4.69, 9.17) is 4.52 Å². The van der Waals surface area contributed by atoms with Crippen molar-refractivity contribution in [3.63, 3.8) is 0 Å². The molecule has 0 amide bonds. The molecule has 0 fully saturated rings. The van der Waals surface area contributed by atoms with Crippen LogP contribution in [0.15, 0.2) is 152 Å². The van der Waals surface area contributed by atoms with Gasteiger partial charge in [0.2, 0.25) is 0 Å². The third-order valence-electron chi connectivity index (χ3n) is 7.04. The molecule has 0 radical (unpaired) electrons. The van der Waals surface area contributed by atoms with E-state index in [2.05, 4.69) is 152 Å². The van der Waals surface area contributed by atoms with E-state index < -0.39 is 6.83 Å². The van der Waals surface area contributed by atoms with E-state index >= 15 is 0 Å². The number of fused-ring (bicyclic) bond motifs is 1. The van der Waals surface area contributed by atoms with E-state index in [1.54, 1.807) is 0 Å². The molecule has 170 valence electrons. The van der Waals surface area contributed by atoms with Crippen LogP contribution >= 0.6 is 6.83 Å². The third-order valence-corrected chi connectivity index (χ3v) is 12.9. The van der Waals surface area contributed by atoms with Gasteiger partial charge in [-0.3, -0.25) is 0 Å². The average molecular weight is 471 g/mol. The molecule has 0 aromatic heterocycles. The molecule has 0 saturated heterocycles. The molecule has 5 aromatic carbocycles. The van der Waals surface area contributed by atoms with Crippen molar-refractivity contribution < 1.29 is 4.52 Å². The van der Waals surface area contributed by atoms with Crippen LogP contribution in [-0.2, 0) is 4.52 Å². The number of hydrogen-bond donors (Lipinski definition) is 0. The molecule has 2 heteroatoms. The molecule has 0 bridgehead atoms. The van der Waals surface area contributed by atoms with E-state index in [-0.39, 0.29) is 6.10 Å². The Bertz CT molecular complexity index is 1360. The Morgan fingerprint density at radius 3 is 1.43 bits per heavy atom. The summed E-state index contributed by atoms with van der Waals surface area (Å²) < 4.78 is 7.63. The Kier molecular flexibility index (Phi) is 5.46. The normalized spacial score (nSPS) is 19.0. The molecule has 1 aliphatic rings. The second-order valence-electron chi connectivity index (χ2n) is 8.90. The van der Waals surface area contributed by atoms with Gasteiger partial charge in [0.15, 0.2) is 0 Å². The van der Waals surface area contributed by atoms with Gasteiger partial charge in [-0.15, -0.1) is 0 Å². The Morgan fingerprint density at radius 2 is 0.914 bits per heavy atom. The van der Waals surface area contributed by atoms with E-state index in [1.807, 2.05) is 6.07 Å². The SMILES string of the molecule is C(=C\[C@@H]1OP(c2ccccc2)(c2ccccc2)(c2ccccc2)c2ccccc21)/c1ccccc1. The van der Waals surface area contributed by atoms with Crippen LogP contribution in [0, 0.1) is 0 Å². The standard InChI is InChI=1S/C33H27OP/c1-5-15-27(16-6-1)25-26-32-31-23-13-14-24-33(31)35(34-32,28-17-7-2-8-18-28,29-19-9-3-10-20-29)30-21-11-4-12-22-30/h1-26,32H/b26-25+/t32-/m0/s1. The number of rotatable bonds is 5. The summed E-state index contributed by atoms with van der Waals surface area (Å²) in [5.74, 6) is 0. The molecule has 0 aliphatic carbocycles. The second-order valence-corrected chi connectivity index (χ2v) is 13.2. The predicted molar refractivity (Wildman–Crippen MR) is 151 cm³/mol. The summed E-state index contributed by atoms with van der Waals surface area (Å²) in [5, 5.41) is 4.95. The molecular formula is C33H27OP. The summed E-state index contributed by atoms with van der Waals surface area (Å²) in [5.41, 5.74) is 2.40. The van der Waals surface area contributed by atoms with Gasteiger partial charge >= 0.3 is 208 Å². The minimum atomic E-state index is -3.51. The third kappa shape index (κ3) is 3.24. The predicted octanol–water partition coefficient (Wildman–Crippen LogP) is 6.54. The first kappa shape index (κ1) is 21.7. The Morgan fingerprint density at radius 1 is 0.486 bits per heavy atom. The molecule has 1 heterocycles. The van der Waals surface area contributed by atoms with Crippen molar-refractivity contribution in [1.82, 2.24) is 0 Å². The maximum absolute atomic E-state index is 7.63. The van der Waals surface area contributed by atoms with Crippen molar-refractivity contribution in [2.45, 2.75) is 6.10 Å². The number of hydrogen-bond acceptors (Lipinski definition) is 1. The fraction of sp³-hybridized carbons (Fsp3) is 0.0303. The van der Waals surface area contributed by atoms with Gasteiger partial charge in [0.05, 0.1) is 0 Å². The summed E-state index contributed by atoms with van der Waals surface area (Å²) in [6, 6.07) is 51.8. The van der Waals surface area contributed by atoms with Gasteiger partial charge < -0.3 is 0 Å². The van der Waals surface area contributed by atoms with Crippen LogP contribution in [0.3, 0.4) is 0 Å². The average Bonchev–Trinajstić information content (AvgIpc) is 3.27. The van der Waals surface area contributed by atoms with Crippen molar-refractivity contribution >= 4 is 34.1 Å². The van der Waals surface area contributed by atoms with Gasteiger partial charge in [0, 0.05) is 0 Å². The summed E-state index contributed by atoms with van der Waals surface area (Å²) >= 11 is 0. The molecule has 1 nitrogen and oxygen atoms in total. The van der Waals surface area contributed by atoms with Crippen molar-refractivity contribution in [3.8, 4) is 0 Å². The van der Waals surface area contributed by atoms with E-state index in [9.17, 15) is 0 Å². The van der Waals surface area contributed by atoms with Crippen LogP contribution in [-0.4, -0.2) is 0 Å². The quantitative estimate of drug-likeness (QED) is 0.265. The zero-order chi connectivity index (χ0) is 23.6. The molecule has 1 aliphatic heterocycles. The zero-order valence-electron chi connectivity index (χ0n) is 19.4. The molecule has 1 atom stereocenters. The van der Waals surface area contributed by atoms with Crippen LogP contribution in [0.5, 0.6) is 0 Å². The first-order chi connectivity index (χ1) is 17.3. The summed E-state index contributed by atoms with van der Waals surface area (Å²) in [6.45, 7) is -3.51. The Labute approximate surface area is 207 Å². The van der Waals surface area contributed by atoms with Crippen LogP contribution in [0.25, 0.3) is 6.08 Å². The van der Waals surface area contributed by atoms with E-state index in [1.165, 1.54) is 32.3 Å². The fourth-order valence-corrected chi connectivity index (χ4v) is 11.7. The summed E-state index contributed by atoms with van der Waals surface area (Å²) in [6.07, 6.45) is 4.22. The van der Waals surface area contributed by atoms with Gasteiger partial charge in [0.25, 0.3) is 0 Å². The van der Waals surface area contributed by atoms with Crippen molar-refractivity contribution in [1.29, 1.82) is 0 Å². The molecule has 35 heavy (non-hydrogen) atoms. The summed E-state index contributed by atoms with van der Waals surface area (Å²) in [4.78, 5) is 0. The van der Waals surface area contributed by atoms with Crippen LogP contribution in [0.4, 0.5) is 0 Å². The first-order valence-electron chi connectivity index (χ1n) is 12.0. The van der Waals surface area contributed by atoms with Gasteiger partial charge in [-0.1, -0.05) is 0 Å². The summed E-state index contributed by atoms with van der Waals surface area (Å²) in [7, 11) is 0. The van der Waals surface area contributed by atoms with Gasteiger partial charge in [0.1, 0.15) is 0 Å². The second kappa shape index (κ2) is 8.78. The molecule has 0 spiro atoms.